The Morgan fingerprint density at radius 1 is 0.897 bits per heavy atom. The number of nitrogens with one attached hydrogen (secondary N) is 1. The summed E-state index contributed by atoms with van der Waals surface area (Å²) in [5, 5.41) is 3.82. The Morgan fingerprint density at radius 2 is 1.51 bits per heavy atom. The molecule has 204 valence electrons. The van der Waals surface area contributed by atoms with Crippen LogP contribution in [0.15, 0.2) is 71.5 Å². The van der Waals surface area contributed by atoms with E-state index in [0.717, 1.165) is 34.5 Å². The molecule has 0 bridgehead atoms. The van der Waals surface area contributed by atoms with Crippen molar-refractivity contribution in [3.63, 3.8) is 0 Å². The second kappa shape index (κ2) is 11.9. The summed E-state index contributed by atoms with van der Waals surface area (Å²) in [6, 6.07) is 20.8. The minimum absolute atomic E-state index is 0.138. The van der Waals surface area contributed by atoms with E-state index in [1.807, 2.05) is 56.3 Å². The highest BCUT2D eigenvalue weighted by Gasteiger charge is 2.28. The normalized spacial score (nSPS) is 12.2. The number of anilines is 1. The average Bonchev–Trinajstić information content (AvgIpc) is 2.91. The van der Waals surface area contributed by atoms with E-state index < -0.39 is 6.04 Å². The molecular weight excluding hydrogens is 484 g/mol. The molecule has 3 aromatic carbocycles. The third-order valence-electron chi connectivity index (χ3n) is 7.33. The first-order chi connectivity index (χ1) is 18.6. The molecule has 1 heterocycles. The van der Waals surface area contributed by atoms with E-state index in [4.69, 9.17) is 4.98 Å². The van der Waals surface area contributed by atoms with Crippen LogP contribution in [0, 0.1) is 6.92 Å². The Hall–Kier alpha value is -3.93. The molecule has 1 unspecified atom stereocenters. The summed E-state index contributed by atoms with van der Waals surface area (Å²) in [6.07, 6.45) is 0.767. The van der Waals surface area contributed by atoms with Crippen LogP contribution < -0.4 is 10.9 Å². The van der Waals surface area contributed by atoms with Gasteiger partial charge in [0, 0.05) is 12.2 Å². The molecule has 1 atom stereocenters. The van der Waals surface area contributed by atoms with Gasteiger partial charge in [0.25, 0.3) is 5.56 Å². The van der Waals surface area contributed by atoms with Gasteiger partial charge in [-0.2, -0.15) is 0 Å². The number of hydrogen-bond donors (Lipinski definition) is 1. The fraction of sp³-hybridized carbons (Fsp3) is 0.364. The minimum Gasteiger partial charge on any atom is -0.315 e. The quantitative estimate of drug-likeness (QED) is 0.254. The van der Waals surface area contributed by atoms with Crippen molar-refractivity contribution in [3.8, 4) is 5.69 Å². The molecule has 4 rings (SSSR count). The molecule has 6 nitrogen and oxygen atoms in total. The molecule has 0 saturated carbocycles. The number of hydrogen-bond acceptors (Lipinski definition) is 3. The van der Waals surface area contributed by atoms with Crippen molar-refractivity contribution >= 4 is 22.6 Å². The van der Waals surface area contributed by atoms with Crippen LogP contribution in [0.2, 0.25) is 0 Å². The fourth-order valence-corrected chi connectivity index (χ4v) is 5.20. The summed E-state index contributed by atoms with van der Waals surface area (Å²) >= 11 is 0. The van der Waals surface area contributed by atoms with Gasteiger partial charge in [-0.05, 0) is 67.0 Å². The van der Waals surface area contributed by atoms with Crippen molar-refractivity contribution < 1.29 is 4.79 Å². The van der Waals surface area contributed by atoms with E-state index in [1.54, 1.807) is 15.5 Å². The van der Waals surface area contributed by atoms with Gasteiger partial charge < -0.3 is 10.2 Å². The maximum atomic E-state index is 14.0. The minimum atomic E-state index is -0.462. The lowest BCUT2D eigenvalue weighted by Crippen LogP contribution is -2.40. The number of amides is 2. The lowest BCUT2D eigenvalue weighted by atomic mass is 9.92. The molecule has 4 aromatic rings. The van der Waals surface area contributed by atoms with Crippen molar-refractivity contribution in [2.75, 3.05) is 11.9 Å². The molecule has 0 fully saturated rings. The van der Waals surface area contributed by atoms with E-state index >= 15 is 0 Å². The van der Waals surface area contributed by atoms with E-state index in [0.29, 0.717) is 23.3 Å². The zero-order chi connectivity index (χ0) is 28.3. The fourth-order valence-electron chi connectivity index (χ4n) is 5.20. The summed E-state index contributed by atoms with van der Waals surface area (Å²) in [4.78, 5) is 34.7. The molecule has 1 aromatic heterocycles. The third-order valence-corrected chi connectivity index (χ3v) is 7.33. The van der Waals surface area contributed by atoms with E-state index in [-0.39, 0.29) is 23.4 Å². The number of urea groups is 1. The SMILES string of the molecule is CCCN(C(=O)Nc1c(C(C)C)cccc1C(C)C)C(C)c1nc2ccccc2c(=O)n1-c1ccccc1C. The van der Waals surface area contributed by atoms with E-state index in [2.05, 4.69) is 58.1 Å². The molecule has 39 heavy (non-hydrogen) atoms. The van der Waals surface area contributed by atoms with Crippen LogP contribution >= 0.6 is 0 Å². The molecule has 0 aliphatic carbocycles. The molecular formula is C33H40N4O2. The van der Waals surface area contributed by atoms with Crippen LogP contribution in [0.3, 0.4) is 0 Å². The second-order valence-electron chi connectivity index (χ2n) is 10.8. The third kappa shape index (κ3) is 5.60. The largest absolute Gasteiger partial charge is 0.322 e. The van der Waals surface area contributed by atoms with Crippen LogP contribution in [0.1, 0.15) is 88.4 Å². The molecule has 0 radical (unpaired) electrons. The molecule has 1 N–H and O–H groups in total. The van der Waals surface area contributed by atoms with Crippen molar-refractivity contribution in [1.82, 2.24) is 14.5 Å². The monoisotopic (exact) mass is 524 g/mol. The second-order valence-corrected chi connectivity index (χ2v) is 10.8. The zero-order valence-corrected chi connectivity index (χ0v) is 24.2. The smallest absolute Gasteiger partial charge is 0.315 e. The van der Waals surface area contributed by atoms with Crippen molar-refractivity contribution in [2.24, 2.45) is 0 Å². The molecule has 0 spiro atoms. The zero-order valence-electron chi connectivity index (χ0n) is 24.2. The number of rotatable bonds is 8. The number of benzene rings is 3. The van der Waals surface area contributed by atoms with Crippen LogP contribution in [0.25, 0.3) is 16.6 Å². The Balaban J connectivity index is 1.86. The van der Waals surface area contributed by atoms with Gasteiger partial charge in [-0.3, -0.25) is 9.36 Å². The molecule has 0 aliphatic heterocycles. The number of fused-ring (bicyclic) bond motifs is 1. The van der Waals surface area contributed by atoms with Gasteiger partial charge in [0.2, 0.25) is 0 Å². The average molecular weight is 525 g/mol. The summed E-state index contributed by atoms with van der Waals surface area (Å²) in [5.41, 5.74) is 5.32. The van der Waals surface area contributed by atoms with Crippen LogP contribution in [0.4, 0.5) is 10.5 Å². The number of aryl methyl sites for hydroxylation is 1. The molecule has 2 amide bonds. The summed E-state index contributed by atoms with van der Waals surface area (Å²) in [7, 11) is 0. The highest BCUT2D eigenvalue weighted by Crippen LogP contribution is 2.33. The number of aromatic nitrogens is 2. The van der Waals surface area contributed by atoms with Gasteiger partial charge in [0.15, 0.2) is 0 Å². The Morgan fingerprint density at radius 3 is 2.13 bits per heavy atom. The molecule has 0 saturated heterocycles. The lowest BCUT2D eigenvalue weighted by Gasteiger charge is -2.31. The maximum Gasteiger partial charge on any atom is 0.322 e. The summed E-state index contributed by atoms with van der Waals surface area (Å²) < 4.78 is 1.68. The Labute approximate surface area is 231 Å². The highest BCUT2D eigenvalue weighted by molar-refractivity contribution is 5.92. The van der Waals surface area contributed by atoms with Crippen LogP contribution in [-0.4, -0.2) is 27.0 Å². The van der Waals surface area contributed by atoms with Crippen LogP contribution in [-0.2, 0) is 0 Å². The number of nitrogens with zero attached hydrogens (tertiary/aromatic N) is 3. The van der Waals surface area contributed by atoms with Crippen LogP contribution in [0.5, 0.6) is 0 Å². The predicted octanol–water partition coefficient (Wildman–Crippen LogP) is 7.95. The van der Waals surface area contributed by atoms with Gasteiger partial charge in [-0.1, -0.05) is 83.1 Å². The van der Waals surface area contributed by atoms with E-state index in [1.165, 1.54) is 0 Å². The number of carbonyl (C=O) groups excluding carboxylic acids is 1. The maximum absolute atomic E-state index is 14.0. The topological polar surface area (TPSA) is 67.2 Å². The molecule has 6 heteroatoms. The highest BCUT2D eigenvalue weighted by atomic mass is 16.2. The van der Waals surface area contributed by atoms with Gasteiger partial charge in [-0.15, -0.1) is 0 Å². The summed E-state index contributed by atoms with van der Waals surface area (Å²) in [6.45, 7) is 15.1. The Bertz CT molecular complexity index is 1510. The van der Waals surface area contributed by atoms with E-state index in [9.17, 15) is 9.59 Å². The van der Waals surface area contributed by atoms with Crippen molar-refractivity contribution in [2.45, 2.75) is 72.8 Å². The first-order valence-corrected chi connectivity index (χ1v) is 13.9. The van der Waals surface area contributed by atoms with Gasteiger partial charge >= 0.3 is 6.03 Å². The Kier molecular flexibility index (Phi) is 8.54. The van der Waals surface area contributed by atoms with Gasteiger partial charge in [0.1, 0.15) is 5.82 Å². The van der Waals surface area contributed by atoms with Crippen molar-refractivity contribution in [3.05, 3.63) is 99.6 Å². The van der Waals surface area contributed by atoms with Crippen molar-refractivity contribution in [1.29, 1.82) is 0 Å². The first-order valence-electron chi connectivity index (χ1n) is 13.9. The standard InChI is InChI=1S/C33H40N4O2/c1-8-20-36(33(39)35-30-25(21(2)3)16-13-17-26(30)22(4)5)24(7)31-34-28-18-11-10-15-27(28)32(38)37(31)29-19-12-9-14-23(29)6/h9-19,21-22,24H,8,20H2,1-7H3,(H,35,39). The lowest BCUT2D eigenvalue weighted by molar-refractivity contribution is 0.189. The number of para-hydroxylation sites is 3. The first kappa shape index (κ1) is 28.1. The number of carbonyl (C=O) groups is 1. The predicted molar refractivity (Wildman–Crippen MR) is 161 cm³/mol. The van der Waals surface area contributed by atoms with Gasteiger partial charge in [-0.25, -0.2) is 9.78 Å². The van der Waals surface area contributed by atoms with Gasteiger partial charge in [0.05, 0.1) is 22.6 Å². The molecule has 0 aliphatic rings. The summed E-state index contributed by atoms with van der Waals surface area (Å²) in [5.74, 6) is 1.05.